The fourth-order valence-corrected chi connectivity index (χ4v) is 3.17. The molecule has 0 aromatic carbocycles. The predicted molar refractivity (Wildman–Crippen MR) is 82.4 cm³/mol. The molecule has 1 rings (SSSR count). The van der Waals surface area contributed by atoms with E-state index in [-0.39, 0.29) is 0 Å². The van der Waals surface area contributed by atoms with Crippen LogP contribution in [-0.2, 0) is 13.0 Å². The van der Waals surface area contributed by atoms with Crippen molar-refractivity contribution in [3.63, 3.8) is 0 Å². The maximum Gasteiger partial charge on any atom is 0.0300 e. The summed E-state index contributed by atoms with van der Waals surface area (Å²) in [6.45, 7) is 14.5. The van der Waals surface area contributed by atoms with Crippen LogP contribution in [-0.4, -0.2) is 30.1 Å². The summed E-state index contributed by atoms with van der Waals surface area (Å²) in [5.74, 6) is 0. The zero-order chi connectivity index (χ0) is 13.5. The number of rotatable bonds is 8. The van der Waals surface area contributed by atoms with Crippen molar-refractivity contribution in [1.82, 2.24) is 10.2 Å². The topological polar surface area (TPSA) is 15.3 Å². The maximum atomic E-state index is 3.55. The van der Waals surface area contributed by atoms with Crippen molar-refractivity contribution < 1.29 is 0 Å². The maximum absolute atomic E-state index is 3.55. The molecule has 2 nitrogen and oxygen atoms in total. The van der Waals surface area contributed by atoms with E-state index in [1.807, 2.05) is 11.3 Å². The molecular weight excluding hydrogens is 240 g/mol. The SMILES string of the molecule is CCc1ccc(CNCCN(C(C)C)C(C)C)s1. The van der Waals surface area contributed by atoms with Gasteiger partial charge in [-0.1, -0.05) is 6.92 Å². The molecule has 1 N–H and O–H groups in total. The highest BCUT2D eigenvalue weighted by atomic mass is 32.1. The molecule has 0 atom stereocenters. The number of aryl methyl sites for hydroxylation is 1. The normalized spacial score (nSPS) is 12.0. The van der Waals surface area contributed by atoms with Crippen LogP contribution < -0.4 is 5.32 Å². The van der Waals surface area contributed by atoms with E-state index in [0.717, 1.165) is 26.1 Å². The first-order valence-electron chi connectivity index (χ1n) is 7.08. The molecule has 0 bridgehead atoms. The van der Waals surface area contributed by atoms with Crippen LogP contribution in [0, 0.1) is 0 Å². The summed E-state index contributed by atoms with van der Waals surface area (Å²) in [6.07, 6.45) is 1.15. The summed E-state index contributed by atoms with van der Waals surface area (Å²) in [6, 6.07) is 5.75. The van der Waals surface area contributed by atoms with E-state index in [1.54, 1.807) is 0 Å². The minimum absolute atomic E-state index is 0.625. The van der Waals surface area contributed by atoms with Gasteiger partial charge in [0.15, 0.2) is 0 Å². The van der Waals surface area contributed by atoms with Gasteiger partial charge in [0.25, 0.3) is 0 Å². The van der Waals surface area contributed by atoms with Crippen LogP contribution in [0.4, 0.5) is 0 Å². The van der Waals surface area contributed by atoms with E-state index in [4.69, 9.17) is 0 Å². The Bertz CT molecular complexity index is 323. The van der Waals surface area contributed by atoms with Gasteiger partial charge in [-0.3, -0.25) is 4.90 Å². The van der Waals surface area contributed by atoms with Gasteiger partial charge in [-0.05, 0) is 46.2 Å². The van der Waals surface area contributed by atoms with Crippen LogP contribution in [0.5, 0.6) is 0 Å². The third kappa shape index (κ3) is 5.09. The van der Waals surface area contributed by atoms with Crippen LogP contribution in [0.15, 0.2) is 12.1 Å². The second kappa shape index (κ2) is 7.93. The van der Waals surface area contributed by atoms with E-state index in [2.05, 4.69) is 57.0 Å². The van der Waals surface area contributed by atoms with Crippen molar-refractivity contribution in [3.8, 4) is 0 Å². The van der Waals surface area contributed by atoms with Crippen molar-refractivity contribution >= 4 is 11.3 Å². The van der Waals surface area contributed by atoms with Gasteiger partial charge in [0.1, 0.15) is 0 Å². The van der Waals surface area contributed by atoms with Gasteiger partial charge < -0.3 is 5.32 Å². The van der Waals surface area contributed by atoms with Crippen molar-refractivity contribution in [2.75, 3.05) is 13.1 Å². The first-order chi connectivity index (χ1) is 8.54. The van der Waals surface area contributed by atoms with Gasteiger partial charge in [0.2, 0.25) is 0 Å². The Morgan fingerprint density at radius 2 is 1.72 bits per heavy atom. The number of nitrogens with zero attached hydrogens (tertiary/aromatic N) is 1. The molecule has 0 aliphatic rings. The number of hydrogen-bond donors (Lipinski definition) is 1. The van der Waals surface area contributed by atoms with E-state index >= 15 is 0 Å². The summed E-state index contributed by atoms with van der Waals surface area (Å²) < 4.78 is 0. The lowest BCUT2D eigenvalue weighted by molar-refractivity contribution is 0.176. The Hall–Kier alpha value is -0.380. The van der Waals surface area contributed by atoms with Crippen molar-refractivity contribution in [1.29, 1.82) is 0 Å². The quantitative estimate of drug-likeness (QED) is 0.726. The summed E-state index contributed by atoms with van der Waals surface area (Å²) in [4.78, 5) is 5.46. The molecule has 1 aromatic heterocycles. The van der Waals surface area contributed by atoms with E-state index in [0.29, 0.717) is 12.1 Å². The first kappa shape index (κ1) is 15.7. The van der Waals surface area contributed by atoms with E-state index < -0.39 is 0 Å². The lowest BCUT2D eigenvalue weighted by atomic mass is 10.2. The molecule has 104 valence electrons. The minimum Gasteiger partial charge on any atom is -0.311 e. The molecule has 1 aromatic rings. The highest BCUT2D eigenvalue weighted by molar-refractivity contribution is 7.11. The zero-order valence-electron chi connectivity index (χ0n) is 12.5. The Labute approximate surface area is 116 Å². The van der Waals surface area contributed by atoms with E-state index in [9.17, 15) is 0 Å². The average Bonchev–Trinajstić information content (AvgIpc) is 2.75. The largest absolute Gasteiger partial charge is 0.311 e. The second-order valence-corrected chi connectivity index (χ2v) is 6.58. The molecular formula is C15H28N2S. The van der Waals surface area contributed by atoms with Crippen LogP contribution in [0.2, 0.25) is 0 Å². The second-order valence-electron chi connectivity index (χ2n) is 5.32. The van der Waals surface area contributed by atoms with Crippen LogP contribution in [0.3, 0.4) is 0 Å². The summed E-state index contributed by atoms with van der Waals surface area (Å²) >= 11 is 1.93. The van der Waals surface area contributed by atoms with Gasteiger partial charge in [-0.2, -0.15) is 0 Å². The molecule has 0 amide bonds. The molecule has 0 spiro atoms. The standard InChI is InChI=1S/C15H28N2S/c1-6-14-7-8-15(18-14)11-16-9-10-17(12(2)3)13(4)5/h7-8,12-13,16H,6,9-11H2,1-5H3. The number of thiophene rings is 1. The minimum atomic E-state index is 0.625. The average molecular weight is 268 g/mol. The number of nitrogens with one attached hydrogen (secondary N) is 1. The number of hydrogen-bond acceptors (Lipinski definition) is 3. The highest BCUT2D eigenvalue weighted by Crippen LogP contribution is 2.16. The van der Waals surface area contributed by atoms with Crippen LogP contribution in [0.1, 0.15) is 44.4 Å². The molecule has 0 unspecified atom stereocenters. The first-order valence-corrected chi connectivity index (χ1v) is 7.90. The monoisotopic (exact) mass is 268 g/mol. The zero-order valence-corrected chi connectivity index (χ0v) is 13.3. The van der Waals surface area contributed by atoms with Crippen LogP contribution in [0.25, 0.3) is 0 Å². The molecule has 0 radical (unpaired) electrons. The Morgan fingerprint density at radius 3 is 2.22 bits per heavy atom. The Morgan fingerprint density at radius 1 is 1.11 bits per heavy atom. The van der Waals surface area contributed by atoms with Crippen molar-refractivity contribution in [2.24, 2.45) is 0 Å². The predicted octanol–water partition coefficient (Wildman–Crippen LogP) is 3.52. The Balaban J connectivity index is 2.25. The molecule has 0 aliphatic carbocycles. The molecule has 0 saturated heterocycles. The molecule has 18 heavy (non-hydrogen) atoms. The van der Waals surface area contributed by atoms with Crippen molar-refractivity contribution in [2.45, 2.75) is 59.7 Å². The third-order valence-corrected chi connectivity index (χ3v) is 4.47. The van der Waals surface area contributed by atoms with Crippen molar-refractivity contribution in [3.05, 3.63) is 21.9 Å². The third-order valence-electron chi connectivity index (χ3n) is 3.24. The summed E-state index contributed by atoms with van der Waals surface area (Å²) in [5, 5.41) is 3.55. The summed E-state index contributed by atoms with van der Waals surface area (Å²) in [5.41, 5.74) is 0. The fourth-order valence-electron chi connectivity index (χ4n) is 2.24. The van der Waals surface area contributed by atoms with E-state index in [1.165, 1.54) is 9.75 Å². The molecule has 0 fully saturated rings. The van der Waals surface area contributed by atoms with Gasteiger partial charge in [0, 0.05) is 41.5 Å². The molecule has 3 heteroatoms. The molecule has 1 heterocycles. The summed E-state index contributed by atoms with van der Waals surface area (Å²) in [7, 11) is 0. The fraction of sp³-hybridized carbons (Fsp3) is 0.733. The smallest absolute Gasteiger partial charge is 0.0300 e. The lowest BCUT2D eigenvalue weighted by Gasteiger charge is -2.30. The Kier molecular flexibility index (Phi) is 6.90. The van der Waals surface area contributed by atoms with Gasteiger partial charge in [-0.15, -0.1) is 11.3 Å². The molecule has 0 saturated carbocycles. The lowest BCUT2D eigenvalue weighted by Crippen LogP contribution is -2.41. The van der Waals surface area contributed by atoms with Gasteiger partial charge >= 0.3 is 0 Å². The highest BCUT2D eigenvalue weighted by Gasteiger charge is 2.12. The van der Waals surface area contributed by atoms with Crippen LogP contribution >= 0.6 is 11.3 Å². The van der Waals surface area contributed by atoms with Gasteiger partial charge in [-0.25, -0.2) is 0 Å². The molecule has 0 aliphatic heterocycles. The van der Waals surface area contributed by atoms with Gasteiger partial charge in [0.05, 0.1) is 0 Å².